The first kappa shape index (κ1) is 50.1. The maximum Gasteiger partial charge on any atom is 0 e. The standard InChI is InChI=1S/6C4H9.4O.2Sn.W/c6*1-3-4-2;;;;;;;/h6*1,3-4H2,2H3;;;;;;;/q;;;;;;4*-2;2*+1;. The Balaban J connectivity index is -0.0000000640. The number of hydrogen-bond donors (Lipinski definition) is 0. The molecule has 0 fully saturated rings. The average molecular weight is 828 g/mol. The van der Waals surface area contributed by atoms with Crippen molar-refractivity contribution in [2.24, 2.45) is 0 Å². The SMILES string of the molecule is CCC[CH2][Sn+]([CH2]CCC)[CH2]CCC.CCC[CH2][Sn+]([CH2]CCC)[CH2]CCC.[O-2].[O-2].[O-2].[O-2].[W]. The summed E-state index contributed by atoms with van der Waals surface area (Å²) in [5.41, 5.74) is 0. The van der Waals surface area contributed by atoms with E-state index in [0.717, 1.165) is 0 Å². The summed E-state index contributed by atoms with van der Waals surface area (Å²) in [4.78, 5) is 0. The molecule has 0 aromatic rings. The summed E-state index contributed by atoms with van der Waals surface area (Å²) in [5, 5.41) is 0. The van der Waals surface area contributed by atoms with E-state index in [0.29, 0.717) is 0 Å². The predicted molar refractivity (Wildman–Crippen MR) is 133 cm³/mol. The molecule has 0 unspecified atom stereocenters. The van der Waals surface area contributed by atoms with Crippen LogP contribution in [0.1, 0.15) is 119 Å². The molecule has 4 nitrogen and oxygen atoms in total. The summed E-state index contributed by atoms with van der Waals surface area (Å²) >= 11 is -1.68. The van der Waals surface area contributed by atoms with Crippen molar-refractivity contribution in [1.82, 2.24) is 0 Å². The molecule has 0 aliphatic rings. The van der Waals surface area contributed by atoms with Gasteiger partial charge in [-0.15, -0.1) is 0 Å². The minimum atomic E-state index is -0.839. The van der Waals surface area contributed by atoms with Crippen molar-refractivity contribution in [3.63, 3.8) is 0 Å². The van der Waals surface area contributed by atoms with Gasteiger partial charge < -0.3 is 21.9 Å². The third-order valence-corrected chi connectivity index (χ3v) is 23.5. The summed E-state index contributed by atoms with van der Waals surface area (Å²) < 4.78 is 10.1. The molecule has 7 heteroatoms. The van der Waals surface area contributed by atoms with E-state index in [-0.39, 0.29) is 43.0 Å². The Morgan fingerprint density at radius 2 is 0.452 bits per heavy atom. The molecule has 0 amide bonds. The second-order valence-electron chi connectivity index (χ2n) is 8.12. The van der Waals surface area contributed by atoms with Gasteiger partial charge in [-0.05, 0) is 0 Å². The number of rotatable bonds is 18. The summed E-state index contributed by atoms with van der Waals surface area (Å²) in [6.45, 7) is 14.0. The summed E-state index contributed by atoms with van der Waals surface area (Å²) in [6.07, 6.45) is 17.7. The molecular weight excluding hydrogens is 774 g/mol. The molecular formula is C24H54O4Sn2W-6. The van der Waals surface area contributed by atoms with Crippen LogP contribution in [0, 0.1) is 0 Å². The van der Waals surface area contributed by atoms with Gasteiger partial charge in [0, 0.05) is 21.1 Å². The maximum absolute atomic E-state index is 2.33. The van der Waals surface area contributed by atoms with Crippen molar-refractivity contribution in [2.45, 2.75) is 145 Å². The molecule has 0 aromatic heterocycles. The van der Waals surface area contributed by atoms with E-state index >= 15 is 0 Å². The smallest absolute Gasteiger partial charge is 0 e. The molecule has 0 bridgehead atoms. The third kappa shape index (κ3) is 42.7. The van der Waals surface area contributed by atoms with E-state index in [2.05, 4.69) is 41.5 Å². The minimum absolute atomic E-state index is 0. The van der Waals surface area contributed by atoms with E-state index in [1.165, 1.54) is 77.0 Å². The zero-order chi connectivity index (χ0) is 19.9. The molecule has 0 rings (SSSR count). The van der Waals surface area contributed by atoms with Crippen LogP contribution in [0.15, 0.2) is 0 Å². The van der Waals surface area contributed by atoms with Crippen LogP contribution in [0.2, 0.25) is 26.6 Å². The van der Waals surface area contributed by atoms with Crippen LogP contribution >= 0.6 is 0 Å². The summed E-state index contributed by atoms with van der Waals surface area (Å²) in [6, 6.07) is 0. The fraction of sp³-hybridized carbons (Fsp3) is 1.00. The van der Waals surface area contributed by atoms with Crippen molar-refractivity contribution < 1.29 is 43.0 Å². The first-order chi connectivity index (χ1) is 12.7. The quantitative estimate of drug-likeness (QED) is 0.123. The molecule has 0 N–H and O–H groups in total. The van der Waals surface area contributed by atoms with Crippen LogP contribution in [0.3, 0.4) is 0 Å². The van der Waals surface area contributed by atoms with Gasteiger partial charge in [0.25, 0.3) is 0 Å². The Labute approximate surface area is 225 Å². The van der Waals surface area contributed by atoms with Crippen molar-refractivity contribution in [1.29, 1.82) is 0 Å². The second-order valence-corrected chi connectivity index (χ2v) is 25.2. The first-order valence-corrected chi connectivity index (χ1v) is 24.5. The van der Waals surface area contributed by atoms with Crippen molar-refractivity contribution in [3.05, 3.63) is 0 Å². The summed E-state index contributed by atoms with van der Waals surface area (Å²) in [5.74, 6) is 0. The van der Waals surface area contributed by atoms with Gasteiger partial charge in [0.15, 0.2) is 0 Å². The van der Waals surface area contributed by atoms with Crippen LogP contribution < -0.4 is 0 Å². The van der Waals surface area contributed by atoms with Crippen molar-refractivity contribution in [3.8, 4) is 0 Å². The van der Waals surface area contributed by atoms with Gasteiger partial charge in [-0.2, -0.15) is 0 Å². The predicted octanol–water partition coefficient (Wildman–Crippen LogP) is 9.29. The molecule has 194 valence electrons. The van der Waals surface area contributed by atoms with E-state index in [4.69, 9.17) is 0 Å². The monoisotopic (exact) mass is 830 g/mol. The van der Waals surface area contributed by atoms with Crippen LogP contribution in [0.25, 0.3) is 0 Å². The Hall–Kier alpha value is 2.13. The van der Waals surface area contributed by atoms with E-state index in [9.17, 15) is 0 Å². The van der Waals surface area contributed by atoms with Gasteiger partial charge in [0.2, 0.25) is 0 Å². The van der Waals surface area contributed by atoms with Crippen LogP contribution in [0.5, 0.6) is 0 Å². The molecule has 31 heavy (non-hydrogen) atoms. The Bertz CT molecular complexity index is 192. The number of unbranched alkanes of at least 4 members (excludes halogenated alkanes) is 6. The Morgan fingerprint density at radius 3 is 0.548 bits per heavy atom. The van der Waals surface area contributed by atoms with Crippen LogP contribution in [0.4, 0.5) is 0 Å². The molecule has 0 aromatic carbocycles. The molecule has 0 spiro atoms. The van der Waals surface area contributed by atoms with Crippen LogP contribution in [-0.2, 0) is 43.0 Å². The topological polar surface area (TPSA) is 114 Å². The fourth-order valence-electron chi connectivity index (χ4n) is 3.31. The number of hydrogen-bond acceptors (Lipinski definition) is 0. The van der Waals surface area contributed by atoms with Gasteiger partial charge in [-0.1, -0.05) is 0 Å². The van der Waals surface area contributed by atoms with Gasteiger partial charge in [0.1, 0.15) is 0 Å². The van der Waals surface area contributed by atoms with E-state index in [1.807, 2.05) is 0 Å². The zero-order valence-electron chi connectivity index (χ0n) is 21.8. The molecule has 0 aliphatic heterocycles. The molecule has 0 saturated heterocycles. The third-order valence-electron chi connectivity index (χ3n) is 5.30. The largest absolute Gasteiger partial charge is 2.00 e. The molecule has 0 saturated carbocycles. The van der Waals surface area contributed by atoms with Crippen molar-refractivity contribution >= 4 is 39.5 Å². The summed E-state index contributed by atoms with van der Waals surface area (Å²) in [7, 11) is 0. The molecule has 0 heterocycles. The Kier molecular flexibility index (Phi) is 73.7. The van der Waals surface area contributed by atoms with Gasteiger partial charge >= 0.3 is 185 Å². The molecule has 0 radical (unpaired) electrons. The normalized spacial score (nSPS) is 8.71. The van der Waals surface area contributed by atoms with Crippen LogP contribution in [-0.4, -0.2) is 39.5 Å². The fourth-order valence-corrected chi connectivity index (χ4v) is 22.2. The molecule has 0 aliphatic carbocycles. The first-order valence-electron chi connectivity index (χ1n) is 12.4. The zero-order valence-corrected chi connectivity index (χ0v) is 30.4. The van der Waals surface area contributed by atoms with Gasteiger partial charge in [-0.25, -0.2) is 0 Å². The van der Waals surface area contributed by atoms with E-state index < -0.39 is 39.5 Å². The average Bonchev–Trinajstić information content (AvgIpc) is 2.67. The van der Waals surface area contributed by atoms with Gasteiger partial charge in [0.05, 0.1) is 0 Å². The second kappa shape index (κ2) is 45.6. The minimum Gasteiger partial charge on any atom is -2.00 e. The van der Waals surface area contributed by atoms with E-state index in [1.54, 1.807) is 26.6 Å². The Morgan fingerprint density at radius 1 is 0.323 bits per heavy atom. The molecule has 0 atom stereocenters. The van der Waals surface area contributed by atoms with Crippen molar-refractivity contribution in [2.75, 3.05) is 0 Å². The van der Waals surface area contributed by atoms with Gasteiger partial charge in [-0.3, -0.25) is 0 Å². The maximum atomic E-state index is 2.33.